The van der Waals surface area contributed by atoms with Crippen LogP contribution < -0.4 is 5.32 Å². The molecule has 0 aliphatic carbocycles. The van der Waals surface area contributed by atoms with E-state index in [0.717, 1.165) is 5.56 Å². The lowest BCUT2D eigenvalue weighted by molar-refractivity contribution is -0.384. The molecule has 98 valence electrons. The molecule has 1 rings (SSSR count). The summed E-state index contributed by atoms with van der Waals surface area (Å²) in [6.45, 7) is 3.58. The second kappa shape index (κ2) is 6.11. The first-order valence-electron chi connectivity index (χ1n) is 5.54. The van der Waals surface area contributed by atoms with E-state index in [1.54, 1.807) is 19.1 Å². The van der Waals surface area contributed by atoms with Gasteiger partial charge in [0.25, 0.3) is 5.69 Å². The molecule has 0 amide bonds. The summed E-state index contributed by atoms with van der Waals surface area (Å²) >= 11 is 0. The third-order valence-electron chi connectivity index (χ3n) is 2.66. The van der Waals surface area contributed by atoms with E-state index in [2.05, 4.69) is 10.1 Å². The molecule has 0 saturated heterocycles. The van der Waals surface area contributed by atoms with Crippen molar-refractivity contribution in [3.63, 3.8) is 0 Å². The van der Waals surface area contributed by atoms with Gasteiger partial charge < -0.3 is 4.74 Å². The first kappa shape index (κ1) is 14.1. The standard InChI is InChI=1S/C12H16N2O4/c1-8(13-9(2)12(15)18-3)10-4-6-11(7-5-10)14(16)17/h4-9,13H,1-3H3/t8?,9-/m0/s1. The van der Waals surface area contributed by atoms with Crippen LogP contribution in [0.3, 0.4) is 0 Å². The number of hydrogen-bond donors (Lipinski definition) is 1. The molecular weight excluding hydrogens is 236 g/mol. The maximum atomic E-state index is 11.2. The number of ether oxygens (including phenoxy) is 1. The lowest BCUT2D eigenvalue weighted by Gasteiger charge is -2.18. The number of rotatable bonds is 5. The molecule has 0 spiro atoms. The monoisotopic (exact) mass is 252 g/mol. The Bertz CT molecular complexity index is 430. The van der Waals surface area contributed by atoms with Gasteiger partial charge in [-0.1, -0.05) is 12.1 Å². The summed E-state index contributed by atoms with van der Waals surface area (Å²) in [5, 5.41) is 13.6. The smallest absolute Gasteiger partial charge is 0.322 e. The van der Waals surface area contributed by atoms with Crippen LogP contribution in [0.1, 0.15) is 25.5 Å². The summed E-state index contributed by atoms with van der Waals surface area (Å²) in [6, 6.07) is 5.69. The first-order chi connectivity index (χ1) is 8.45. The van der Waals surface area contributed by atoms with E-state index in [1.165, 1.54) is 19.2 Å². The van der Waals surface area contributed by atoms with Crippen LogP contribution in [0, 0.1) is 10.1 Å². The third kappa shape index (κ3) is 3.53. The Kier molecular flexibility index (Phi) is 4.79. The van der Waals surface area contributed by atoms with Gasteiger partial charge in [0.1, 0.15) is 6.04 Å². The van der Waals surface area contributed by atoms with Crippen LogP contribution in [0.15, 0.2) is 24.3 Å². The van der Waals surface area contributed by atoms with Crippen molar-refractivity contribution in [2.45, 2.75) is 25.9 Å². The number of carbonyl (C=O) groups is 1. The van der Waals surface area contributed by atoms with Crippen molar-refractivity contribution in [1.82, 2.24) is 5.32 Å². The Morgan fingerprint density at radius 1 is 1.33 bits per heavy atom. The average molecular weight is 252 g/mol. The molecule has 0 radical (unpaired) electrons. The summed E-state index contributed by atoms with van der Waals surface area (Å²) in [6.07, 6.45) is 0. The summed E-state index contributed by atoms with van der Waals surface area (Å²) in [5.74, 6) is -0.344. The summed E-state index contributed by atoms with van der Waals surface area (Å²) in [7, 11) is 1.33. The molecule has 0 aromatic heterocycles. The van der Waals surface area contributed by atoms with E-state index < -0.39 is 11.0 Å². The van der Waals surface area contributed by atoms with Gasteiger partial charge in [-0.25, -0.2) is 0 Å². The van der Waals surface area contributed by atoms with Crippen molar-refractivity contribution in [3.8, 4) is 0 Å². The third-order valence-corrected chi connectivity index (χ3v) is 2.66. The number of nitro groups is 1. The number of non-ortho nitro benzene ring substituents is 1. The lowest BCUT2D eigenvalue weighted by atomic mass is 10.1. The van der Waals surface area contributed by atoms with E-state index in [4.69, 9.17) is 0 Å². The molecule has 1 aromatic rings. The fraction of sp³-hybridized carbons (Fsp3) is 0.417. The van der Waals surface area contributed by atoms with E-state index in [0.29, 0.717) is 0 Å². The maximum Gasteiger partial charge on any atom is 0.322 e. The van der Waals surface area contributed by atoms with Crippen molar-refractivity contribution >= 4 is 11.7 Å². The maximum absolute atomic E-state index is 11.2. The zero-order chi connectivity index (χ0) is 13.7. The van der Waals surface area contributed by atoms with Crippen molar-refractivity contribution in [3.05, 3.63) is 39.9 Å². The van der Waals surface area contributed by atoms with Gasteiger partial charge in [0.05, 0.1) is 12.0 Å². The fourth-order valence-electron chi connectivity index (χ4n) is 1.60. The predicted octanol–water partition coefficient (Wildman–Crippen LogP) is 1.81. The molecule has 0 aliphatic rings. The molecule has 0 bridgehead atoms. The van der Waals surface area contributed by atoms with E-state index in [1.807, 2.05) is 6.92 Å². The number of carbonyl (C=O) groups excluding carboxylic acids is 1. The largest absolute Gasteiger partial charge is 0.468 e. The number of esters is 1. The second-order valence-corrected chi connectivity index (χ2v) is 3.98. The molecule has 2 atom stereocenters. The first-order valence-corrected chi connectivity index (χ1v) is 5.54. The highest BCUT2D eigenvalue weighted by molar-refractivity contribution is 5.75. The Morgan fingerprint density at radius 3 is 2.33 bits per heavy atom. The normalized spacial score (nSPS) is 13.7. The average Bonchev–Trinajstić information content (AvgIpc) is 2.37. The number of nitrogens with one attached hydrogen (secondary N) is 1. The molecule has 1 N–H and O–H groups in total. The minimum atomic E-state index is -0.445. The summed E-state index contributed by atoms with van der Waals surface area (Å²) in [4.78, 5) is 21.3. The molecule has 0 heterocycles. The number of methoxy groups -OCH3 is 1. The second-order valence-electron chi connectivity index (χ2n) is 3.98. The van der Waals surface area contributed by atoms with Crippen LogP contribution in [0.25, 0.3) is 0 Å². The van der Waals surface area contributed by atoms with Crippen molar-refractivity contribution in [1.29, 1.82) is 0 Å². The quantitative estimate of drug-likeness (QED) is 0.491. The molecule has 0 saturated carbocycles. The van der Waals surface area contributed by atoms with Gasteiger partial charge in [0.2, 0.25) is 0 Å². The van der Waals surface area contributed by atoms with Crippen LogP contribution in [0.5, 0.6) is 0 Å². The van der Waals surface area contributed by atoms with E-state index in [9.17, 15) is 14.9 Å². The Hall–Kier alpha value is -1.95. The molecule has 1 unspecified atom stereocenters. The minimum absolute atomic E-state index is 0.0481. The van der Waals surface area contributed by atoms with Crippen molar-refractivity contribution in [2.75, 3.05) is 7.11 Å². The molecule has 6 heteroatoms. The van der Waals surface area contributed by atoms with Crippen LogP contribution in [0.2, 0.25) is 0 Å². The van der Waals surface area contributed by atoms with Gasteiger partial charge in [-0.05, 0) is 19.4 Å². The Labute approximate surface area is 105 Å². The van der Waals surface area contributed by atoms with Crippen molar-refractivity contribution in [2.24, 2.45) is 0 Å². The number of nitrogens with zero attached hydrogens (tertiary/aromatic N) is 1. The molecule has 0 aliphatic heterocycles. The van der Waals surface area contributed by atoms with E-state index >= 15 is 0 Å². The highest BCUT2D eigenvalue weighted by atomic mass is 16.6. The van der Waals surface area contributed by atoms with Crippen molar-refractivity contribution < 1.29 is 14.5 Å². The predicted molar refractivity (Wildman–Crippen MR) is 66.1 cm³/mol. The van der Waals surface area contributed by atoms with Crippen LogP contribution in [-0.2, 0) is 9.53 Å². The summed E-state index contributed by atoms with van der Waals surface area (Å²) < 4.78 is 4.61. The zero-order valence-corrected chi connectivity index (χ0v) is 10.5. The molecule has 18 heavy (non-hydrogen) atoms. The molecular formula is C12H16N2O4. The SMILES string of the molecule is COC(=O)[C@H](C)NC(C)c1ccc([N+](=O)[O-])cc1. The topological polar surface area (TPSA) is 81.5 Å². The molecule has 1 aromatic carbocycles. The van der Waals surface area contributed by atoms with Gasteiger partial charge >= 0.3 is 5.97 Å². The van der Waals surface area contributed by atoms with Crippen LogP contribution in [0.4, 0.5) is 5.69 Å². The highest BCUT2D eigenvalue weighted by Crippen LogP contribution is 2.17. The zero-order valence-electron chi connectivity index (χ0n) is 10.5. The van der Waals surface area contributed by atoms with E-state index in [-0.39, 0.29) is 17.7 Å². The van der Waals surface area contributed by atoms with Gasteiger partial charge in [0, 0.05) is 18.2 Å². The number of nitro benzene ring substituents is 1. The number of benzene rings is 1. The fourth-order valence-corrected chi connectivity index (χ4v) is 1.60. The lowest BCUT2D eigenvalue weighted by Crippen LogP contribution is -2.36. The van der Waals surface area contributed by atoms with Gasteiger partial charge in [-0.15, -0.1) is 0 Å². The van der Waals surface area contributed by atoms with Gasteiger partial charge in [0.15, 0.2) is 0 Å². The van der Waals surface area contributed by atoms with Crippen LogP contribution in [-0.4, -0.2) is 24.0 Å². The van der Waals surface area contributed by atoms with Gasteiger partial charge in [-0.3, -0.25) is 20.2 Å². The highest BCUT2D eigenvalue weighted by Gasteiger charge is 2.16. The number of hydrogen-bond acceptors (Lipinski definition) is 5. The minimum Gasteiger partial charge on any atom is -0.468 e. The Balaban J connectivity index is 2.69. The Morgan fingerprint density at radius 2 is 1.89 bits per heavy atom. The van der Waals surface area contributed by atoms with Gasteiger partial charge in [-0.2, -0.15) is 0 Å². The summed E-state index contributed by atoms with van der Waals surface area (Å²) in [5.41, 5.74) is 0.920. The molecule has 0 fully saturated rings. The van der Waals surface area contributed by atoms with Crippen LogP contribution >= 0.6 is 0 Å². The molecule has 6 nitrogen and oxygen atoms in total.